The summed E-state index contributed by atoms with van der Waals surface area (Å²) in [4.78, 5) is 17.5. The van der Waals surface area contributed by atoms with E-state index >= 15 is 0 Å². The van der Waals surface area contributed by atoms with Gasteiger partial charge in [0.25, 0.3) is 0 Å². The molecule has 0 aliphatic heterocycles. The Hall–Kier alpha value is -1.88. The lowest BCUT2D eigenvalue weighted by atomic mass is 10.0. The number of benzene rings is 1. The predicted octanol–water partition coefficient (Wildman–Crippen LogP) is 3.20. The number of aryl methyl sites for hydroxylation is 4. The highest BCUT2D eigenvalue weighted by molar-refractivity contribution is 7.09. The van der Waals surface area contributed by atoms with Crippen LogP contribution in [0.3, 0.4) is 0 Å². The third-order valence-corrected chi connectivity index (χ3v) is 5.39. The fourth-order valence-electron chi connectivity index (χ4n) is 3.06. The predicted molar refractivity (Wildman–Crippen MR) is 92.0 cm³/mol. The van der Waals surface area contributed by atoms with E-state index in [1.54, 1.807) is 18.4 Å². The van der Waals surface area contributed by atoms with Crippen LogP contribution in [0.4, 0.5) is 0 Å². The van der Waals surface area contributed by atoms with Crippen LogP contribution in [-0.4, -0.2) is 18.0 Å². The lowest BCUT2D eigenvalue weighted by Crippen LogP contribution is -2.23. The Labute approximate surface area is 140 Å². The van der Waals surface area contributed by atoms with Crippen LogP contribution < -0.4 is 10.1 Å². The topological polar surface area (TPSA) is 51.2 Å². The zero-order valence-electron chi connectivity index (χ0n) is 13.6. The molecule has 0 spiro atoms. The van der Waals surface area contributed by atoms with Crippen molar-refractivity contribution in [3.8, 4) is 5.75 Å². The van der Waals surface area contributed by atoms with Gasteiger partial charge >= 0.3 is 0 Å². The largest absolute Gasteiger partial charge is 0.496 e. The number of carbonyl (C=O) groups excluding carboxylic acids is 1. The first-order valence-electron chi connectivity index (χ1n) is 8.01. The molecule has 1 heterocycles. The molecule has 23 heavy (non-hydrogen) atoms. The van der Waals surface area contributed by atoms with E-state index in [0.29, 0.717) is 13.0 Å². The van der Waals surface area contributed by atoms with Crippen molar-refractivity contribution in [2.45, 2.75) is 45.6 Å². The molecule has 5 heteroatoms. The van der Waals surface area contributed by atoms with Gasteiger partial charge in [-0.3, -0.25) is 4.79 Å². The molecule has 0 saturated heterocycles. The average Bonchev–Trinajstić information content (AvgIpc) is 3.17. The van der Waals surface area contributed by atoms with E-state index < -0.39 is 0 Å². The van der Waals surface area contributed by atoms with Crippen molar-refractivity contribution in [3.05, 3.63) is 44.9 Å². The van der Waals surface area contributed by atoms with Gasteiger partial charge in [0.1, 0.15) is 5.75 Å². The Bertz CT molecular complexity index is 709. The second kappa shape index (κ2) is 7.13. The third-order valence-electron chi connectivity index (χ3n) is 4.39. The summed E-state index contributed by atoms with van der Waals surface area (Å²) < 4.78 is 5.48. The average molecular weight is 330 g/mol. The first kappa shape index (κ1) is 16.0. The molecule has 122 valence electrons. The molecule has 1 N–H and O–H groups in total. The minimum Gasteiger partial charge on any atom is -0.496 e. The van der Waals surface area contributed by atoms with E-state index in [4.69, 9.17) is 4.74 Å². The van der Waals surface area contributed by atoms with E-state index in [9.17, 15) is 4.79 Å². The number of thiazole rings is 1. The second-order valence-corrected chi connectivity index (χ2v) is 6.86. The molecule has 3 rings (SSSR count). The van der Waals surface area contributed by atoms with Crippen molar-refractivity contribution in [2.75, 3.05) is 7.11 Å². The molecule has 1 amide bonds. The highest BCUT2D eigenvalue weighted by Crippen LogP contribution is 2.29. The van der Waals surface area contributed by atoms with E-state index in [2.05, 4.69) is 22.4 Å². The molecule has 0 radical (unpaired) electrons. The van der Waals surface area contributed by atoms with Crippen molar-refractivity contribution in [1.82, 2.24) is 10.3 Å². The number of nitrogens with zero attached hydrogens (tertiary/aromatic N) is 1. The monoisotopic (exact) mass is 330 g/mol. The molecule has 2 aromatic rings. The van der Waals surface area contributed by atoms with E-state index in [1.807, 2.05) is 12.4 Å². The van der Waals surface area contributed by atoms with Crippen LogP contribution >= 0.6 is 11.3 Å². The van der Waals surface area contributed by atoms with Crippen LogP contribution in [0.2, 0.25) is 0 Å². The van der Waals surface area contributed by atoms with Crippen molar-refractivity contribution >= 4 is 17.2 Å². The van der Waals surface area contributed by atoms with Crippen molar-refractivity contribution in [2.24, 2.45) is 0 Å². The summed E-state index contributed by atoms with van der Waals surface area (Å²) in [7, 11) is 1.69. The Balaban J connectivity index is 1.57. The summed E-state index contributed by atoms with van der Waals surface area (Å²) in [6.07, 6.45) is 4.72. The number of fused-ring (bicyclic) bond motifs is 1. The summed E-state index contributed by atoms with van der Waals surface area (Å²) >= 11 is 1.61. The second-order valence-electron chi connectivity index (χ2n) is 5.92. The SMILES string of the molecule is COc1cc2c(cc1CNC(=O)CCc1scnc1C)CCC2. The van der Waals surface area contributed by atoms with Gasteiger partial charge in [0.05, 0.1) is 18.3 Å². The van der Waals surface area contributed by atoms with E-state index in [1.165, 1.54) is 22.4 Å². The van der Waals surface area contributed by atoms with Crippen LogP contribution in [0.15, 0.2) is 17.6 Å². The molecule has 0 fully saturated rings. The number of hydrogen-bond donors (Lipinski definition) is 1. The van der Waals surface area contributed by atoms with Crippen LogP contribution in [0.5, 0.6) is 5.75 Å². The molecule has 1 aromatic heterocycles. The maximum absolute atomic E-state index is 12.1. The van der Waals surface area contributed by atoms with Gasteiger partial charge in [-0.25, -0.2) is 4.98 Å². The molecular formula is C18H22N2O2S. The molecule has 0 saturated carbocycles. The lowest BCUT2D eigenvalue weighted by Gasteiger charge is -2.12. The van der Waals surface area contributed by atoms with E-state index in [-0.39, 0.29) is 5.91 Å². The Morgan fingerprint density at radius 3 is 2.83 bits per heavy atom. The molecule has 1 aromatic carbocycles. The normalized spacial score (nSPS) is 13.0. The summed E-state index contributed by atoms with van der Waals surface area (Å²) in [5.74, 6) is 0.949. The molecular weight excluding hydrogens is 308 g/mol. The zero-order chi connectivity index (χ0) is 16.2. The molecule has 0 unspecified atom stereocenters. The minimum atomic E-state index is 0.0698. The fourth-order valence-corrected chi connectivity index (χ4v) is 3.84. The van der Waals surface area contributed by atoms with Gasteiger partial charge in [-0.2, -0.15) is 0 Å². The molecule has 0 atom stereocenters. The zero-order valence-corrected chi connectivity index (χ0v) is 14.5. The number of rotatable bonds is 6. The standard InChI is InChI=1S/C18H22N2O2S/c1-12-17(23-11-20-12)6-7-18(21)19-10-15-8-13-4-3-5-14(13)9-16(15)22-2/h8-9,11H,3-7,10H2,1-2H3,(H,19,21). The molecule has 0 bridgehead atoms. The maximum atomic E-state index is 12.1. The summed E-state index contributed by atoms with van der Waals surface area (Å²) in [5, 5.41) is 3.01. The number of methoxy groups -OCH3 is 1. The number of amides is 1. The number of carbonyl (C=O) groups is 1. The van der Waals surface area contributed by atoms with Gasteiger partial charge < -0.3 is 10.1 Å². The van der Waals surface area contributed by atoms with Crippen LogP contribution in [0.25, 0.3) is 0 Å². The highest BCUT2D eigenvalue weighted by atomic mass is 32.1. The van der Waals surface area contributed by atoms with Crippen molar-refractivity contribution in [1.29, 1.82) is 0 Å². The highest BCUT2D eigenvalue weighted by Gasteiger charge is 2.15. The third kappa shape index (κ3) is 3.72. The number of aromatic nitrogens is 1. The maximum Gasteiger partial charge on any atom is 0.220 e. The summed E-state index contributed by atoms with van der Waals surface area (Å²) in [5.41, 5.74) is 6.71. The van der Waals surface area contributed by atoms with E-state index in [0.717, 1.165) is 36.3 Å². The van der Waals surface area contributed by atoms with Crippen LogP contribution in [-0.2, 0) is 30.6 Å². The van der Waals surface area contributed by atoms with Crippen molar-refractivity contribution < 1.29 is 9.53 Å². The Kier molecular flexibility index (Phi) is 4.96. The fraction of sp³-hybridized carbons (Fsp3) is 0.444. The van der Waals surface area contributed by atoms with Gasteiger partial charge in [-0.05, 0) is 49.8 Å². The quantitative estimate of drug-likeness (QED) is 0.885. The number of ether oxygens (including phenoxy) is 1. The van der Waals surface area contributed by atoms with Gasteiger partial charge in [-0.15, -0.1) is 11.3 Å². The first-order valence-corrected chi connectivity index (χ1v) is 8.89. The Morgan fingerprint density at radius 1 is 1.35 bits per heavy atom. The molecule has 1 aliphatic rings. The van der Waals surface area contributed by atoms with Gasteiger partial charge in [0.15, 0.2) is 0 Å². The minimum absolute atomic E-state index is 0.0698. The van der Waals surface area contributed by atoms with Crippen LogP contribution in [0.1, 0.15) is 40.1 Å². The summed E-state index contributed by atoms with van der Waals surface area (Å²) in [6.45, 7) is 2.51. The van der Waals surface area contributed by atoms with Gasteiger partial charge in [-0.1, -0.05) is 6.07 Å². The molecule has 1 aliphatic carbocycles. The van der Waals surface area contributed by atoms with Gasteiger partial charge in [0, 0.05) is 23.4 Å². The lowest BCUT2D eigenvalue weighted by molar-refractivity contribution is -0.121. The van der Waals surface area contributed by atoms with Gasteiger partial charge in [0.2, 0.25) is 5.91 Å². The first-order chi connectivity index (χ1) is 11.2. The summed E-state index contributed by atoms with van der Waals surface area (Å²) in [6, 6.07) is 4.32. The number of nitrogens with one attached hydrogen (secondary N) is 1. The van der Waals surface area contributed by atoms with Crippen LogP contribution in [0, 0.1) is 6.92 Å². The number of hydrogen-bond acceptors (Lipinski definition) is 4. The smallest absolute Gasteiger partial charge is 0.220 e. The van der Waals surface area contributed by atoms with Crippen molar-refractivity contribution in [3.63, 3.8) is 0 Å². The molecule has 4 nitrogen and oxygen atoms in total. The Morgan fingerprint density at radius 2 is 2.13 bits per heavy atom.